The van der Waals surface area contributed by atoms with Gasteiger partial charge < -0.3 is 15.4 Å². The van der Waals surface area contributed by atoms with Gasteiger partial charge in [0.05, 0.1) is 15.6 Å². The average molecular weight is 517 g/mol. The van der Waals surface area contributed by atoms with Crippen LogP contribution in [0.2, 0.25) is 15.1 Å². The largest absolute Gasteiger partial charge is 0.489 e. The minimum absolute atomic E-state index is 0. The van der Waals surface area contributed by atoms with Gasteiger partial charge in [0, 0.05) is 47.4 Å². The van der Waals surface area contributed by atoms with Gasteiger partial charge >= 0.3 is 0 Å². The molecule has 0 bridgehead atoms. The third kappa shape index (κ3) is 7.73. The zero-order chi connectivity index (χ0) is 22.2. The monoisotopic (exact) mass is 515 g/mol. The number of nitrogens with zero attached hydrogens (tertiary/aromatic N) is 1. The summed E-state index contributed by atoms with van der Waals surface area (Å²) in [6, 6.07) is 17.3. The third-order valence-corrected chi connectivity index (χ3v) is 5.23. The lowest BCUT2D eigenvalue weighted by molar-refractivity contribution is -0.384. The molecule has 10 heteroatoms. The van der Waals surface area contributed by atoms with E-state index in [1.165, 1.54) is 12.1 Å². The predicted molar refractivity (Wildman–Crippen MR) is 133 cm³/mol. The van der Waals surface area contributed by atoms with Gasteiger partial charge in [-0.15, -0.1) is 12.4 Å². The highest BCUT2D eigenvalue weighted by Gasteiger charge is 2.09. The molecule has 0 fully saturated rings. The van der Waals surface area contributed by atoms with Crippen LogP contribution in [0.15, 0.2) is 60.7 Å². The molecular weight excluding hydrogens is 496 g/mol. The van der Waals surface area contributed by atoms with Crippen molar-refractivity contribution >= 4 is 58.6 Å². The molecule has 0 aliphatic carbocycles. The first-order valence-corrected chi connectivity index (χ1v) is 10.6. The van der Waals surface area contributed by atoms with Gasteiger partial charge in [-0.3, -0.25) is 10.1 Å². The molecule has 0 radical (unpaired) electrons. The summed E-state index contributed by atoms with van der Waals surface area (Å²) in [6.45, 7) is 2.20. The van der Waals surface area contributed by atoms with Gasteiger partial charge in [-0.25, -0.2) is 0 Å². The first kappa shape index (κ1) is 26.0. The maximum absolute atomic E-state index is 10.8. The summed E-state index contributed by atoms with van der Waals surface area (Å²) in [7, 11) is 0. The fourth-order valence-corrected chi connectivity index (χ4v) is 3.40. The van der Waals surface area contributed by atoms with Crippen LogP contribution in [-0.4, -0.2) is 18.0 Å². The third-order valence-electron chi connectivity index (χ3n) is 4.43. The molecule has 3 aromatic carbocycles. The Bertz CT molecular complexity index is 1050. The van der Waals surface area contributed by atoms with E-state index in [4.69, 9.17) is 39.5 Å². The lowest BCUT2D eigenvalue weighted by atomic mass is 10.2. The summed E-state index contributed by atoms with van der Waals surface area (Å²) >= 11 is 18.2. The number of nitro benzene ring substituents is 1. The van der Waals surface area contributed by atoms with Crippen LogP contribution in [0.3, 0.4) is 0 Å². The number of hydrogen-bond acceptors (Lipinski definition) is 5. The van der Waals surface area contributed by atoms with Crippen LogP contribution < -0.4 is 15.4 Å². The highest BCUT2D eigenvalue weighted by atomic mass is 35.5. The Kier molecular flexibility index (Phi) is 10.4. The zero-order valence-corrected chi connectivity index (χ0v) is 19.9. The van der Waals surface area contributed by atoms with Crippen molar-refractivity contribution < 1.29 is 9.66 Å². The zero-order valence-electron chi connectivity index (χ0n) is 16.8. The number of benzene rings is 3. The van der Waals surface area contributed by atoms with E-state index >= 15 is 0 Å². The molecule has 0 amide bonds. The lowest BCUT2D eigenvalue weighted by Crippen LogP contribution is -2.22. The number of nitro groups is 1. The van der Waals surface area contributed by atoms with Crippen molar-refractivity contribution in [3.63, 3.8) is 0 Å². The fourth-order valence-electron chi connectivity index (χ4n) is 2.84. The molecule has 0 unspecified atom stereocenters. The highest BCUT2D eigenvalue weighted by molar-refractivity contribution is 6.33. The van der Waals surface area contributed by atoms with E-state index in [2.05, 4.69) is 10.6 Å². The van der Waals surface area contributed by atoms with Gasteiger partial charge in [0.2, 0.25) is 0 Å². The SMILES string of the molecule is Cl.O=[N+]([O-])c1ccc(NCCNCc2cc(Cl)ccc2OCc2ccc(Cl)cc2)c(Cl)c1. The minimum atomic E-state index is -0.477. The molecule has 2 N–H and O–H groups in total. The second kappa shape index (κ2) is 12.7. The number of anilines is 1. The second-order valence-electron chi connectivity index (χ2n) is 6.69. The van der Waals surface area contributed by atoms with Crippen molar-refractivity contribution in [3.05, 3.63) is 97.0 Å². The molecule has 170 valence electrons. The first-order valence-electron chi connectivity index (χ1n) is 9.46. The van der Waals surface area contributed by atoms with Crippen molar-refractivity contribution in [1.82, 2.24) is 5.32 Å². The summed E-state index contributed by atoms with van der Waals surface area (Å²) < 4.78 is 5.96. The van der Waals surface area contributed by atoms with Crippen molar-refractivity contribution in [3.8, 4) is 5.75 Å². The Hall–Kier alpha value is -2.22. The van der Waals surface area contributed by atoms with Gasteiger partial charge in [0.1, 0.15) is 12.4 Å². The average Bonchev–Trinajstić information content (AvgIpc) is 2.75. The Labute approximate surface area is 207 Å². The molecule has 3 aromatic rings. The van der Waals surface area contributed by atoms with Crippen LogP contribution in [0.5, 0.6) is 5.75 Å². The van der Waals surface area contributed by atoms with Gasteiger partial charge in [-0.1, -0.05) is 46.9 Å². The minimum Gasteiger partial charge on any atom is -0.489 e. The topological polar surface area (TPSA) is 76.4 Å². The van der Waals surface area contributed by atoms with Crippen molar-refractivity contribution in [2.24, 2.45) is 0 Å². The van der Waals surface area contributed by atoms with E-state index < -0.39 is 4.92 Å². The predicted octanol–water partition coefficient (Wildman–Crippen LogP) is 6.76. The summed E-state index contributed by atoms with van der Waals surface area (Å²) in [5.41, 5.74) is 2.56. The van der Waals surface area contributed by atoms with Crippen LogP contribution >= 0.6 is 47.2 Å². The Balaban J connectivity index is 0.00000363. The summed E-state index contributed by atoms with van der Waals surface area (Å²) in [5.74, 6) is 0.748. The van der Waals surface area contributed by atoms with Crippen molar-refractivity contribution in [2.75, 3.05) is 18.4 Å². The van der Waals surface area contributed by atoms with E-state index in [9.17, 15) is 10.1 Å². The van der Waals surface area contributed by atoms with E-state index in [0.717, 1.165) is 16.9 Å². The number of non-ortho nitro benzene ring substituents is 1. The normalized spacial score (nSPS) is 10.3. The van der Waals surface area contributed by atoms with Crippen LogP contribution in [0, 0.1) is 10.1 Å². The molecular formula is C22H21Cl4N3O3. The molecule has 0 atom stereocenters. The molecule has 0 aromatic heterocycles. The van der Waals surface area contributed by atoms with Crippen molar-refractivity contribution in [2.45, 2.75) is 13.2 Å². The van der Waals surface area contributed by atoms with Crippen LogP contribution in [0.4, 0.5) is 11.4 Å². The highest BCUT2D eigenvalue weighted by Crippen LogP contribution is 2.26. The van der Waals surface area contributed by atoms with Gasteiger partial charge in [0.25, 0.3) is 5.69 Å². The number of hydrogen-bond donors (Lipinski definition) is 2. The molecule has 0 aliphatic heterocycles. The molecule has 32 heavy (non-hydrogen) atoms. The Morgan fingerprint density at radius 3 is 2.31 bits per heavy atom. The van der Waals surface area contributed by atoms with Crippen LogP contribution in [0.25, 0.3) is 0 Å². The maximum Gasteiger partial charge on any atom is 0.271 e. The quantitative estimate of drug-likeness (QED) is 0.177. The molecule has 6 nitrogen and oxygen atoms in total. The standard InChI is InChI=1S/C22H20Cl3N3O3.ClH/c23-17-3-1-15(2-4-17)14-31-22-8-5-18(24)11-16(22)13-26-9-10-27-21-7-6-19(28(29)30)12-20(21)25;/h1-8,11-12,26-27H,9-10,13-14H2;1H. The fraction of sp³-hybridized carbons (Fsp3) is 0.182. The first-order chi connectivity index (χ1) is 14.9. The molecule has 3 rings (SSSR count). The summed E-state index contributed by atoms with van der Waals surface area (Å²) in [5, 5.41) is 18.9. The smallest absolute Gasteiger partial charge is 0.271 e. The Morgan fingerprint density at radius 2 is 1.62 bits per heavy atom. The van der Waals surface area contributed by atoms with Crippen LogP contribution in [0.1, 0.15) is 11.1 Å². The number of halogens is 4. The lowest BCUT2D eigenvalue weighted by Gasteiger charge is -2.14. The summed E-state index contributed by atoms with van der Waals surface area (Å²) in [6.07, 6.45) is 0. The maximum atomic E-state index is 10.8. The Morgan fingerprint density at radius 1 is 0.906 bits per heavy atom. The molecule has 0 saturated heterocycles. The molecule has 0 spiro atoms. The van der Waals surface area contributed by atoms with Crippen molar-refractivity contribution in [1.29, 1.82) is 0 Å². The van der Waals surface area contributed by atoms with Gasteiger partial charge in [0.15, 0.2) is 0 Å². The number of ether oxygens (including phenoxy) is 1. The second-order valence-corrected chi connectivity index (χ2v) is 7.97. The molecule has 0 aliphatic rings. The van der Waals surface area contributed by atoms with E-state index in [1.54, 1.807) is 12.1 Å². The van der Waals surface area contributed by atoms with E-state index in [0.29, 0.717) is 47.0 Å². The van der Waals surface area contributed by atoms with Gasteiger partial charge in [-0.2, -0.15) is 0 Å². The summed E-state index contributed by atoms with van der Waals surface area (Å²) in [4.78, 5) is 10.3. The van der Waals surface area contributed by atoms with E-state index in [-0.39, 0.29) is 18.1 Å². The molecule has 0 heterocycles. The number of rotatable bonds is 10. The van der Waals surface area contributed by atoms with Crippen LogP contribution in [-0.2, 0) is 13.2 Å². The molecule has 0 saturated carbocycles. The van der Waals surface area contributed by atoms with Gasteiger partial charge in [-0.05, 0) is 42.0 Å². The van der Waals surface area contributed by atoms with E-state index in [1.807, 2.05) is 36.4 Å². The number of nitrogens with one attached hydrogen (secondary N) is 2.